The number of thiol groups is 1. The smallest absolute Gasteiger partial charge is 0.328 e. The van der Waals surface area contributed by atoms with Crippen LogP contribution in [-0.4, -0.2) is 61.5 Å². The van der Waals surface area contributed by atoms with Crippen LogP contribution in [0.4, 0.5) is 0 Å². The molecule has 6 atom stereocenters. The van der Waals surface area contributed by atoms with Gasteiger partial charge in [0.25, 0.3) is 0 Å². The molecule has 0 aromatic heterocycles. The molecule has 1 heterocycles. The average molecular weight is 403 g/mol. The van der Waals surface area contributed by atoms with Gasteiger partial charge in [0.2, 0.25) is 5.91 Å². The minimum Gasteiger partial charge on any atom is -0.464 e. The van der Waals surface area contributed by atoms with Gasteiger partial charge in [-0.15, -0.1) is 0 Å². The van der Waals surface area contributed by atoms with Crippen molar-refractivity contribution in [1.82, 2.24) is 16.0 Å². The Hall–Kier alpha value is -0.830. The first kappa shape index (κ1) is 24.2. The molecule has 0 saturated carbocycles. The average Bonchev–Trinajstić information content (AvgIpc) is 3.07. The first-order valence-corrected chi connectivity index (χ1v) is 10.8. The second kappa shape index (κ2) is 12.6. The van der Waals surface area contributed by atoms with Crippen molar-refractivity contribution < 1.29 is 14.3 Å². The Morgan fingerprint density at radius 2 is 1.89 bits per heavy atom. The van der Waals surface area contributed by atoms with Crippen molar-refractivity contribution >= 4 is 24.5 Å². The van der Waals surface area contributed by atoms with Crippen LogP contribution in [0.15, 0.2) is 0 Å². The predicted molar refractivity (Wildman–Crippen MR) is 112 cm³/mol. The highest BCUT2D eigenvalue weighted by atomic mass is 32.1. The van der Waals surface area contributed by atoms with Gasteiger partial charge in [-0.25, -0.2) is 4.79 Å². The highest BCUT2D eigenvalue weighted by Gasteiger charge is 2.32. The second-order valence-electron chi connectivity index (χ2n) is 7.63. The molecule has 5 N–H and O–H groups in total. The number of hydrogen-bond donors (Lipinski definition) is 5. The normalized spacial score (nSPS) is 22.6. The standard InChI is InChI=1S/C19H38N4O3S/c1-5-12(3)16(21-9-14(20)11-27)10-22-17(13(4)6-2)18(24)23-15-7-8-26-19(15)25/h12-17,21-22,27H,5-11,20H2,1-4H3,(H,23,24)/t12?,13-,14?,15?,16?,17-/m0/s1. The largest absolute Gasteiger partial charge is 0.464 e. The highest BCUT2D eigenvalue weighted by Crippen LogP contribution is 2.13. The topological polar surface area (TPSA) is 105 Å². The van der Waals surface area contributed by atoms with Crippen LogP contribution >= 0.6 is 12.6 Å². The molecule has 1 aliphatic rings. The lowest BCUT2D eigenvalue weighted by Gasteiger charge is -2.30. The Labute approximate surface area is 169 Å². The van der Waals surface area contributed by atoms with Crippen molar-refractivity contribution in [3.05, 3.63) is 0 Å². The van der Waals surface area contributed by atoms with Crippen LogP contribution in [0.2, 0.25) is 0 Å². The fourth-order valence-electron chi connectivity index (χ4n) is 3.06. The number of carbonyl (C=O) groups excluding carboxylic acids is 2. The molecule has 0 aliphatic carbocycles. The summed E-state index contributed by atoms with van der Waals surface area (Å²) >= 11 is 4.24. The quantitative estimate of drug-likeness (QED) is 0.229. The van der Waals surface area contributed by atoms with Gasteiger partial charge in [0.05, 0.1) is 12.6 Å². The van der Waals surface area contributed by atoms with E-state index in [1.54, 1.807) is 0 Å². The van der Waals surface area contributed by atoms with Gasteiger partial charge in [0.15, 0.2) is 0 Å². The Morgan fingerprint density at radius 1 is 1.22 bits per heavy atom. The number of carbonyl (C=O) groups is 2. The van der Waals surface area contributed by atoms with E-state index in [2.05, 4.69) is 49.4 Å². The van der Waals surface area contributed by atoms with E-state index in [1.165, 1.54) is 0 Å². The van der Waals surface area contributed by atoms with Crippen molar-refractivity contribution in [1.29, 1.82) is 0 Å². The van der Waals surface area contributed by atoms with E-state index in [1.807, 2.05) is 6.92 Å². The maximum atomic E-state index is 12.8. The number of nitrogens with two attached hydrogens (primary N) is 1. The summed E-state index contributed by atoms with van der Waals surface area (Å²) in [6, 6.07) is -0.670. The van der Waals surface area contributed by atoms with Gasteiger partial charge in [0, 0.05) is 37.3 Å². The molecule has 158 valence electrons. The van der Waals surface area contributed by atoms with Gasteiger partial charge in [-0.2, -0.15) is 12.6 Å². The van der Waals surface area contributed by atoms with E-state index >= 15 is 0 Å². The lowest BCUT2D eigenvalue weighted by Crippen LogP contribution is -2.56. The van der Waals surface area contributed by atoms with E-state index in [-0.39, 0.29) is 35.9 Å². The van der Waals surface area contributed by atoms with Crippen molar-refractivity contribution in [2.24, 2.45) is 17.6 Å². The fraction of sp³-hybridized carbons (Fsp3) is 0.895. The van der Waals surface area contributed by atoms with Crippen LogP contribution < -0.4 is 21.7 Å². The van der Waals surface area contributed by atoms with E-state index < -0.39 is 6.04 Å². The zero-order valence-corrected chi connectivity index (χ0v) is 18.1. The van der Waals surface area contributed by atoms with Crippen molar-refractivity contribution in [2.45, 2.75) is 71.1 Å². The molecule has 27 heavy (non-hydrogen) atoms. The summed E-state index contributed by atoms with van der Waals surface area (Å²) in [5.41, 5.74) is 5.97. The molecule has 7 nitrogen and oxygen atoms in total. The lowest BCUT2D eigenvalue weighted by atomic mass is 9.95. The van der Waals surface area contributed by atoms with E-state index in [0.717, 1.165) is 12.8 Å². The van der Waals surface area contributed by atoms with Gasteiger partial charge >= 0.3 is 5.97 Å². The van der Waals surface area contributed by atoms with Crippen LogP contribution in [0.5, 0.6) is 0 Å². The molecule has 1 rings (SSSR count). The molecule has 0 radical (unpaired) electrons. The molecule has 0 aromatic carbocycles. The third-order valence-electron chi connectivity index (χ3n) is 5.51. The second-order valence-corrected chi connectivity index (χ2v) is 8.00. The molecule has 8 heteroatoms. The number of cyclic esters (lactones) is 1. The van der Waals surface area contributed by atoms with Crippen LogP contribution in [0.25, 0.3) is 0 Å². The Kier molecular flexibility index (Phi) is 11.3. The summed E-state index contributed by atoms with van der Waals surface area (Å²) in [5, 5.41) is 9.78. The minimum atomic E-state index is -0.525. The summed E-state index contributed by atoms with van der Waals surface area (Å²) in [6.45, 7) is 10.2. The van der Waals surface area contributed by atoms with Crippen molar-refractivity contribution in [3.63, 3.8) is 0 Å². The summed E-state index contributed by atoms with van der Waals surface area (Å²) in [4.78, 5) is 24.4. The van der Waals surface area contributed by atoms with Crippen LogP contribution in [-0.2, 0) is 14.3 Å². The molecular weight excluding hydrogens is 364 g/mol. The van der Waals surface area contributed by atoms with E-state index in [0.29, 0.717) is 37.8 Å². The third kappa shape index (κ3) is 7.97. The van der Waals surface area contributed by atoms with E-state index in [9.17, 15) is 9.59 Å². The van der Waals surface area contributed by atoms with Crippen LogP contribution in [0.1, 0.15) is 47.0 Å². The van der Waals surface area contributed by atoms with Crippen LogP contribution in [0, 0.1) is 11.8 Å². The molecule has 0 bridgehead atoms. The summed E-state index contributed by atoms with van der Waals surface area (Å²) in [6.07, 6.45) is 2.44. The summed E-state index contributed by atoms with van der Waals surface area (Å²) < 4.78 is 4.94. The Bertz CT molecular complexity index is 466. The lowest BCUT2D eigenvalue weighted by molar-refractivity contribution is -0.141. The Balaban J connectivity index is 2.69. The first-order chi connectivity index (χ1) is 12.8. The fourth-order valence-corrected chi connectivity index (χ4v) is 3.19. The molecule has 0 spiro atoms. The number of esters is 1. The molecule has 1 saturated heterocycles. The predicted octanol–water partition coefficient (Wildman–Crippen LogP) is 0.684. The summed E-state index contributed by atoms with van der Waals surface area (Å²) in [7, 11) is 0. The number of ether oxygens (including phenoxy) is 1. The SMILES string of the molecule is CCC(C)C(CN[C@H](C(=O)NC1CCOC1=O)[C@@H](C)CC)NCC(N)CS. The number of amides is 1. The van der Waals surface area contributed by atoms with Crippen molar-refractivity contribution in [3.8, 4) is 0 Å². The first-order valence-electron chi connectivity index (χ1n) is 10.1. The van der Waals surface area contributed by atoms with Crippen LogP contribution in [0.3, 0.4) is 0 Å². The molecular formula is C19H38N4O3S. The zero-order valence-electron chi connectivity index (χ0n) is 17.2. The number of nitrogens with one attached hydrogen (secondary N) is 3. The highest BCUT2D eigenvalue weighted by molar-refractivity contribution is 7.80. The molecule has 4 unspecified atom stereocenters. The Morgan fingerprint density at radius 3 is 2.41 bits per heavy atom. The molecule has 1 amide bonds. The van der Waals surface area contributed by atoms with Gasteiger partial charge < -0.3 is 26.4 Å². The maximum absolute atomic E-state index is 12.8. The minimum absolute atomic E-state index is 0.00179. The van der Waals surface area contributed by atoms with Gasteiger partial charge in [0.1, 0.15) is 6.04 Å². The van der Waals surface area contributed by atoms with Gasteiger partial charge in [-0.05, 0) is 11.8 Å². The number of hydrogen-bond acceptors (Lipinski definition) is 7. The maximum Gasteiger partial charge on any atom is 0.328 e. The zero-order chi connectivity index (χ0) is 20.4. The molecule has 1 aliphatic heterocycles. The van der Waals surface area contributed by atoms with Crippen molar-refractivity contribution in [2.75, 3.05) is 25.4 Å². The van der Waals surface area contributed by atoms with Gasteiger partial charge in [-0.3, -0.25) is 4.79 Å². The third-order valence-corrected chi connectivity index (χ3v) is 5.98. The monoisotopic (exact) mass is 402 g/mol. The van der Waals surface area contributed by atoms with E-state index in [4.69, 9.17) is 10.5 Å². The molecule has 0 aromatic rings. The summed E-state index contributed by atoms with van der Waals surface area (Å²) in [5.74, 6) is 0.743. The van der Waals surface area contributed by atoms with Gasteiger partial charge in [-0.1, -0.05) is 40.5 Å². The number of rotatable bonds is 13. The molecule has 1 fully saturated rings.